The van der Waals surface area contributed by atoms with Gasteiger partial charge in [0.2, 0.25) is 5.91 Å². The first-order valence-corrected chi connectivity index (χ1v) is 8.47. The summed E-state index contributed by atoms with van der Waals surface area (Å²) in [6, 6.07) is 10.6. The second kappa shape index (κ2) is 8.91. The molecule has 0 saturated carbocycles. The standard InChI is InChI=1S/C18H29N3O/c1-2-21(18(22)9-6-11-19)15-17-10-12-20(14-17)13-16-7-4-3-5-8-16/h3-5,7-8,17H,2,6,9-15,19H2,1H3. The summed E-state index contributed by atoms with van der Waals surface area (Å²) in [5.74, 6) is 0.861. The monoisotopic (exact) mass is 303 g/mol. The summed E-state index contributed by atoms with van der Waals surface area (Å²) < 4.78 is 0. The largest absolute Gasteiger partial charge is 0.343 e. The van der Waals surface area contributed by atoms with Crippen LogP contribution in [-0.2, 0) is 11.3 Å². The van der Waals surface area contributed by atoms with Crippen molar-refractivity contribution >= 4 is 5.91 Å². The molecular weight excluding hydrogens is 274 g/mol. The van der Waals surface area contributed by atoms with Crippen LogP contribution in [0.3, 0.4) is 0 Å². The van der Waals surface area contributed by atoms with Gasteiger partial charge in [0.05, 0.1) is 0 Å². The van der Waals surface area contributed by atoms with E-state index in [0.29, 0.717) is 18.9 Å². The molecule has 1 heterocycles. The van der Waals surface area contributed by atoms with E-state index in [9.17, 15) is 4.79 Å². The Morgan fingerprint density at radius 1 is 1.36 bits per heavy atom. The van der Waals surface area contributed by atoms with E-state index in [1.54, 1.807) is 0 Å². The highest BCUT2D eigenvalue weighted by atomic mass is 16.2. The molecule has 0 bridgehead atoms. The predicted molar refractivity (Wildman–Crippen MR) is 90.4 cm³/mol. The first-order valence-electron chi connectivity index (χ1n) is 8.47. The molecule has 0 aromatic heterocycles. The maximum absolute atomic E-state index is 12.2. The Morgan fingerprint density at radius 3 is 2.82 bits per heavy atom. The van der Waals surface area contributed by atoms with Gasteiger partial charge in [-0.05, 0) is 44.3 Å². The number of likely N-dealkylation sites (tertiary alicyclic amines) is 1. The Balaban J connectivity index is 1.78. The average molecular weight is 303 g/mol. The molecule has 1 unspecified atom stereocenters. The molecule has 1 aliphatic heterocycles. The van der Waals surface area contributed by atoms with Gasteiger partial charge in [0.1, 0.15) is 0 Å². The van der Waals surface area contributed by atoms with Gasteiger partial charge in [0, 0.05) is 32.6 Å². The highest BCUT2D eigenvalue weighted by Crippen LogP contribution is 2.20. The highest BCUT2D eigenvalue weighted by molar-refractivity contribution is 5.76. The summed E-state index contributed by atoms with van der Waals surface area (Å²) in [5, 5.41) is 0. The summed E-state index contributed by atoms with van der Waals surface area (Å²) in [7, 11) is 0. The van der Waals surface area contributed by atoms with E-state index >= 15 is 0 Å². The van der Waals surface area contributed by atoms with Crippen molar-refractivity contribution in [3.8, 4) is 0 Å². The molecule has 1 fully saturated rings. The molecule has 1 atom stereocenters. The number of carbonyl (C=O) groups is 1. The zero-order valence-corrected chi connectivity index (χ0v) is 13.7. The van der Waals surface area contributed by atoms with E-state index in [1.807, 2.05) is 4.90 Å². The molecule has 0 spiro atoms. The maximum atomic E-state index is 12.2. The fraction of sp³-hybridized carbons (Fsp3) is 0.611. The fourth-order valence-electron chi connectivity index (χ4n) is 3.18. The molecule has 1 aromatic rings. The second-order valence-electron chi connectivity index (χ2n) is 6.20. The van der Waals surface area contributed by atoms with Gasteiger partial charge in [-0.15, -0.1) is 0 Å². The molecule has 1 aromatic carbocycles. The van der Waals surface area contributed by atoms with Crippen LogP contribution in [-0.4, -0.2) is 48.4 Å². The fourth-order valence-corrected chi connectivity index (χ4v) is 3.18. The molecule has 1 amide bonds. The van der Waals surface area contributed by atoms with Crippen molar-refractivity contribution in [3.05, 3.63) is 35.9 Å². The minimum absolute atomic E-state index is 0.259. The van der Waals surface area contributed by atoms with Crippen molar-refractivity contribution in [1.29, 1.82) is 0 Å². The van der Waals surface area contributed by atoms with Gasteiger partial charge < -0.3 is 10.6 Å². The van der Waals surface area contributed by atoms with Crippen LogP contribution in [0.4, 0.5) is 0 Å². The van der Waals surface area contributed by atoms with Crippen LogP contribution < -0.4 is 5.73 Å². The Labute approximate surface area is 134 Å². The van der Waals surface area contributed by atoms with Gasteiger partial charge >= 0.3 is 0 Å². The van der Waals surface area contributed by atoms with Crippen molar-refractivity contribution in [2.24, 2.45) is 11.7 Å². The quantitative estimate of drug-likeness (QED) is 0.800. The van der Waals surface area contributed by atoms with E-state index in [-0.39, 0.29) is 5.91 Å². The number of carbonyl (C=O) groups excluding carboxylic acids is 1. The molecular formula is C18H29N3O. The Hall–Kier alpha value is -1.39. The van der Waals surface area contributed by atoms with E-state index in [4.69, 9.17) is 5.73 Å². The van der Waals surface area contributed by atoms with E-state index in [1.165, 1.54) is 12.0 Å². The van der Waals surface area contributed by atoms with Gasteiger partial charge in [-0.25, -0.2) is 0 Å². The van der Waals surface area contributed by atoms with Crippen molar-refractivity contribution in [2.45, 2.75) is 32.7 Å². The summed E-state index contributed by atoms with van der Waals surface area (Å²) >= 11 is 0. The molecule has 4 nitrogen and oxygen atoms in total. The van der Waals surface area contributed by atoms with Crippen molar-refractivity contribution < 1.29 is 4.79 Å². The summed E-state index contributed by atoms with van der Waals surface area (Å²) in [5.41, 5.74) is 6.87. The lowest BCUT2D eigenvalue weighted by Gasteiger charge is -2.25. The molecule has 1 saturated heterocycles. The summed E-state index contributed by atoms with van der Waals surface area (Å²) in [6.45, 7) is 7.60. The third kappa shape index (κ3) is 5.11. The average Bonchev–Trinajstić information content (AvgIpc) is 2.98. The molecule has 0 radical (unpaired) electrons. The van der Waals surface area contributed by atoms with Crippen LogP contribution in [0.1, 0.15) is 31.7 Å². The van der Waals surface area contributed by atoms with Gasteiger partial charge in [-0.2, -0.15) is 0 Å². The van der Waals surface area contributed by atoms with Crippen LogP contribution in [0.2, 0.25) is 0 Å². The zero-order chi connectivity index (χ0) is 15.8. The van der Waals surface area contributed by atoms with E-state index in [2.05, 4.69) is 42.2 Å². The summed E-state index contributed by atoms with van der Waals surface area (Å²) in [6.07, 6.45) is 2.57. The number of nitrogens with zero attached hydrogens (tertiary/aromatic N) is 2. The molecule has 122 valence electrons. The molecule has 2 N–H and O–H groups in total. The lowest BCUT2D eigenvalue weighted by molar-refractivity contribution is -0.131. The van der Waals surface area contributed by atoms with Gasteiger partial charge in [-0.1, -0.05) is 30.3 Å². The topological polar surface area (TPSA) is 49.6 Å². The predicted octanol–water partition coefficient (Wildman–Crippen LogP) is 2.10. The number of hydrogen-bond donors (Lipinski definition) is 1. The third-order valence-electron chi connectivity index (χ3n) is 4.43. The Morgan fingerprint density at radius 2 is 2.14 bits per heavy atom. The van der Waals surface area contributed by atoms with Crippen LogP contribution in [0.15, 0.2) is 30.3 Å². The van der Waals surface area contributed by atoms with E-state index in [0.717, 1.165) is 39.1 Å². The van der Waals surface area contributed by atoms with Crippen molar-refractivity contribution in [2.75, 3.05) is 32.7 Å². The van der Waals surface area contributed by atoms with Crippen molar-refractivity contribution in [1.82, 2.24) is 9.80 Å². The normalized spacial score (nSPS) is 18.5. The first-order chi connectivity index (χ1) is 10.7. The van der Waals surface area contributed by atoms with Gasteiger partial charge in [-0.3, -0.25) is 9.69 Å². The number of amides is 1. The number of benzene rings is 1. The zero-order valence-electron chi connectivity index (χ0n) is 13.7. The van der Waals surface area contributed by atoms with Crippen LogP contribution in [0.5, 0.6) is 0 Å². The SMILES string of the molecule is CCN(CC1CCN(Cc2ccccc2)C1)C(=O)CCCN. The van der Waals surface area contributed by atoms with E-state index < -0.39 is 0 Å². The summed E-state index contributed by atoms with van der Waals surface area (Å²) in [4.78, 5) is 16.7. The van der Waals surface area contributed by atoms with Gasteiger partial charge in [0.15, 0.2) is 0 Å². The van der Waals surface area contributed by atoms with Crippen LogP contribution in [0.25, 0.3) is 0 Å². The molecule has 2 rings (SSSR count). The smallest absolute Gasteiger partial charge is 0.222 e. The van der Waals surface area contributed by atoms with Crippen LogP contribution in [0, 0.1) is 5.92 Å². The second-order valence-corrected chi connectivity index (χ2v) is 6.20. The molecule has 4 heteroatoms. The molecule has 1 aliphatic rings. The minimum Gasteiger partial charge on any atom is -0.343 e. The molecule has 0 aliphatic carbocycles. The number of nitrogens with two attached hydrogens (primary N) is 1. The Bertz CT molecular complexity index is 449. The number of hydrogen-bond acceptors (Lipinski definition) is 3. The highest BCUT2D eigenvalue weighted by Gasteiger charge is 2.25. The minimum atomic E-state index is 0.259. The Kier molecular flexibility index (Phi) is 6.87. The lowest BCUT2D eigenvalue weighted by Crippen LogP contribution is -2.36. The van der Waals surface area contributed by atoms with Crippen LogP contribution >= 0.6 is 0 Å². The first kappa shape index (κ1) is 17.0. The number of rotatable bonds is 8. The van der Waals surface area contributed by atoms with Gasteiger partial charge in [0.25, 0.3) is 0 Å². The third-order valence-corrected chi connectivity index (χ3v) is 4.43. The van der Waals surface area contributed by atoms with Crippen molar-refractivity contribution in [3.63, 3.8) is 0 Å². The molecule has 22 heavy (non-hydrogen) atoms. The lowest BCUT2D eigenvalue weighted by atomic mass is 10.1. The maximum Gasteiger partial charge on any atom is 0.222 e.